The summed E-state index contributed by atoms with van der Waals surface area (Å²) in [6.45, 7) is 0.351. The van der Waals surface area contributed by atoms with Crippen LogP contribution >= 0.6 is 0 Å². The van der Waals surface area contributed by atoms with Gasteiger partial charge in [-0.1, -0.05) is 17.3 Å². The maximum atomic E-state index is 12.4. The molecule has 1 saturated heterocycles. The van der Waals surface area contributed by atoms with Crippen molar-refractivity contribution in [2.75, 3.05) is 13.6 Å². The van der Waals surface area contributed by atoms with Gasteiger partial charge in [0.1, 0.15) is 12.4 Å². The number of benzene rings is 1. The van der Waals surface area contributed by atoms with Crippen molar-refractivity contribution < 1.29 is 18.8 Å². The molecule has 0 radical (unpaired) electrons. The van der Waals surface area contributed by atoms with E-state index in [1.807, 2.05) is 24.3 Å². The number of hydrogen-bond donors (Lipinski definition) is 1. The van der Waals surface area contributed by atoms with Gasteiger partial charge < -0.3 is 14.2 Å². The van der Waals surface area contributed by atoms with E-state index in [0.717, 1.165) is 5.56 Å². The smallest absolute Gasteiger partial charge is 0.302 e. The zero-order valence-electron chi connectivity index (χ0n) is 12.2. The van der Waals surface area contributed by atoms with E-state index in [-0.39, 0.29) is 30.7 Å². The summed E-state index contributed by atoms with van der Waals surface area (Å²) in [5.74, 6) is 0.609. The van der Waals surface area contributed by atoms with E-state index in [9.17, 15) is 9.59 Å². The third-order valence-corrected chi connectivity index (χ3v) is 3.70. The first-order valence-electron chi connectivity index (χ1n) is 6.98. The molecule has 8 heteroatoms. The predicted molar refractivity (Wildman–Crippen MR) is 78.8 cm³/mol. The lowest BCUT2D eigenvalue weighted by Crippen LogP contribution is -2.28. The molecule has 0 spiro atoms. The van der Waals surface area contributed by atoms with E-state index >= 15 is 0 Å². The summed E-state index contributed by atoms with van der Waals surface area (Å²) in [5.41, 5.74) is 1.40. The summed E-state index contributed by atoms with van der Waals surface area (Å²) < 4.78 is 11.0. The van der Waals surface area contributed by atoms with Crippen LogP contribution in [0.4, 0.5) is 0 Å². The Morgan fingerprint density at radius 2 is 2.22 bits per heavy atom. The molecule has 4 rings (SSSR count). The molecule has 2 aliphatic rings. The van der Waals surface area contributed by atoms with Crippen LogP contribution in [0.25, 0.3) is 11.3 Å². The minimum absolute atomic E-state index is 0.0940. The van der Waals surface area contributed by atoms with Crippen molar-refractivity contribution >= 4 is 17.8 Å². The quantitative estimate of drug-likeness (QED) is 0.836. The van der Waals surface area contributed by atoms with E-state index in [4.69, 9.17) is 9.26 Å². The van der Waals surface area contributed by atoms with Crippen LogP contribution in [0.5, 0.6) is 5.75 Å². The minimum Gasteiger partial charge on any atom is -0.488 e. The van der Waals surface area contributed by atoms with Gasteiger partial charge in [0.05, 0.1) is 17.7 Å². The molecule has 8 nitrogen and oxygen atoms in total. The van der Waals surface area contributed by atoms with Crippen LogP contribution in [0.15, 0.2) is 33.8 Å². The normalized spacial score (nSPS) is 17.5. The van der Waals surface area contributed by atoms with Gasteiger partial charge >= 0.3 is 5.91 Å². The van der Waals surface area contributed by atoms with Crippen LogP contribution in [-0.4, -0.2) is 41.4 Å². The SMILES string of the molecule is CN1CC(=O)NC1=NC(=O)c1noc2c1COc1ccccc1-2. The Hall–Kier alpha value is -3.16. The molecule has 2 amide bonds. The lowest BCUT2D eigenvalue weighted by Gasteiger charge is -2.15. The number of ether oxygens (including phenoxy) is 1. The van der Waals surface area contributed by atoms with Crippen LogP contribution in [0.2, 0.25) is 0 Å². The summed E-state index contributed by atoms with van der Waals surface area (Å²) in [6, 6.07) is 7.37. The van der Waals surface area contributed by atoms with Crippen molar-refractivity contribution in [2.24, 2.45) is 4.99 Å². The number of aliphatic imine (C=N–C) groups is 1. The second-order valence-corrected chi connectivity index (χ2v) is 5.27. The molecule has 0 aliphatic carbocycles. The average molecular weight is 312 g/mol. The monoisotopic (exact) mass is 312 g/mol. The number of guanidine groups is 1. The first-order valence-corrected chi connectivity index (χ1v) is 6.98. The molecule has 116 valence electrons. The van der Waals surface area contributed by atoms with Gasteiger partial charge in [0.25, 0.3) is 0 Å². The number of hydrogen-bond acceptors (Lipinski definition) is 5. The molecule has 0 unspecified atom stereocenters. The number of fused-ring (bicyclic) bond motifs is 3. The topological polar surface area (TPSA) is 97.0 Å². The number of rotatable bonds is 1. The highest BCUT2D eigenvalue weighted by Gasteiger charge is 2.30. The van der Waals surface area contributed by atoms with Gasteiger partial charge in [-0.2, -0.15) is 4.99 Å². The Balaban J connectivity index is 1.70. The van der Waals surface area contributed by atoms with Gasteiger partial charge in [-0.15, -0.1) is 0 Å². The Kier molecular flexibility index (Phi) is 2.90. The molecule has 2 aliphatic heterocycles. The molecule has 1 aromatic heterocycles. The molecule has 1 N–H and O–H groups in total. The van der Waals surface area contributed by atoms with E-state index in [2.05, 4.69) is 15.5 Å². The summed E-state index contributed by atoms with van der Waals surface area (Å²) in [6.07, 6.45) is 0. The van der Waals surface area contributed by atoms with Gasteiger partial charge in [-0.3, -0.25) is 14.9 Å². The number of carbonyl (C=O) groups is 2. The van der Waals surface area contributed by atoms with Crippen LogP contribution < -0.4 is 10.1 Å². The van der Waals surface area contributed by atoms with Gasteiger partial charge in [0.15, 0.2) is 11.5 Å². The molecular formula is C15H12N4O4. The lowest BCUT2D eigenvalue weighted by atomic mass is 10.0. The Morgan fingerprint density at radius 3 is 3.00 bits per heavy atom. The molecule has 1 fully saturated rings. The largest absolute Gasteiger partial charge is 0.488 e. The van der Waals surface area contributed by atoms with Crippen LogP contribution in [-0.2, 0) is 11.4 Å². The zero-order valence-corrected chi connectivity index (χ0v) is 12.2. The predicted octanol–water partition coefficient (Wildman–Crippen LogP) is 0.792. The summed E-state index contributed by atoms with van der Waals surface area (Å²) in [5, 5.41) is 6.36. The van der Waals surface area contributed by atoms with Crippen molar-refractivity contribution in [3.8, 4) is 17.1 Å². The Morgan fingerprint density at radius 1 is 1.39 bits per heavy atom. The van der Waals surface area contributed by atoms with Crippen molar-refractivity contribution in [2.45, 2.75) is 6.61 Å². The van der Waals surface area contributed by atoms with Crippen LogP contribution in [0, 0.1) is 0 Å². The fourth-order valence-electron chi connectivity index (χ4n) is 2.57. The minimum atomic E-state index is -0.581. The van der Waals surface area contributed by atoms with Gasteiger partial charge in [-0.25, -0.2) is 0 Å². The average Bonchev–Trinajstić information content (AvgIpc) is 3.10. The number of para-hydroxylation sites is 1. The second kappa shape index (κ2) is 4.94. The second-order valence-electron chi connectivity index (χ2n) is 5.27. The summed E-state index contributed by atoms with van der Waals surface area (Å²) >= 11 is 0. The van der Waals surface area contributed by atoms with Crippen molar-refractivity contribution in [1.29, 1.82) is 0 Å². The number of nitrogens with one attached hydrogen (secondary N) is 1. The lowest BCUT2D eigenvalue weighted by molar-refractivity contribution is -0.118. The van der Waals surface area contributed by atoms with E-state index in [1.54, 1.807) is 11.9 Å². The van der Waals surface area contributed by atoms with Crippen molar-refractivity contribution in [3.05, 3.63) is 35.5 Å². The summed E-state index contributed by atoms with van der Waals surface area (Å²) in [7, 11) is 1.67. The first kappa shape index (κ1) is 13.5. The maximum Gasteiger partial charge on any atom is 0.302 e. The van der Waals surface area contributed by atoms with Crippen LogP contribution in [0.1, 0.15) is 16.1 Å². The van der Waals surface area contributed by atoms with E-state index in [0.29, 0.717) is 17.1 Å². The highest BCUT2D eigenvalue weighted by Crippen LogP contribution is 2.38. The molecular weight excluding hydrogens is 300 g/mol. The molecule has 1 aromatic carbocycles. The highest BCUT2D eigenvalue weighted by atomic mass is 16.5. The third-order valence-electron chi connectivity index (χ3n) is 3.70. The number of nitrogens with zero attached hydrogens (tertiary/aromatic N) is 3. The molecule has 2 aromatic rings. The van der Waals surface area contributed by atoms with Crippen LogP contribution in [0.3, 0.4) is 0 Å². The van der Waals surface area contributed by atoms with Crippen molar-refractivity contribution in [1.82, 2.24) is 15.4 Å². The third kappa shape index (κ3) is 2.15. The molecule has 3 heterocycles. The molecule has 0 bridgehead atoms. The number of amides is 2. The Labute approximate surface area is 130 Å². The number of likely N-dealkylation sites (N-methyl/N-ethyl adjacent to an activating group) is 1. The van der Waals surface area contributed by atoms with Gasteiger partial charge in [0, 0.05) is 7.05 Å². The van der Waals surface area contributed by atoms with Crippen molar-refractivity contribution in [3.63, 3.8) is 0 Å². The zero-order chi connectivity index (χ0) is 16.0. The fraction of sp³-hybridized carbons (Fsp3) is 0.200. The molecule has 0 atom stereocenters. The maximum absolute atomic E-state index is 12.4. The van der Waals surface area contributed by atoms with Gasteiger partial charge in [-0.05, 0) is 12.1 Å². The first-order chi connectivity index (χ1) is 11.1. The van der Waals surface area contributed by atoms with Gasteiger partial charge in [0.2, 0.25) is 11.9 Å². The van der Waals surface area contributed by atoms with E-state index < -0.39 is 5.91 Å². The molecule has 23 heavy (non-hydrogen) atoms. The van der Waals surface area contributed by atoms with E-state index in [1.165, 1.54) is 0 Å². The fourth-order valence-corrected chi connectivity index (χ4v) is 2.57. The standard InChI is InChI=1S/C15H12N4O4/c1-19-6-11(20)16-15(19)17-14(21)12-9-7-22-10-5-3-2-4-8(10)13(9)23-18-12/h2-5H,6-7H2,1H3,(H,16,17,20,21). The highest BCUT2D eigenvalue weighted by molar-refractivity contribution is 6.10. The number of aromatic nitrogens is 1. The number of carbonyl (C=O) groups excluding carboxylic acids is 2. The molecule has 0 saturated carbocycles. The Bertz CT molecular complexity index is 855. The summed E-state index contributed by atoms with van der Waals surface area (Å²) in [4.78, 5) is 29.1.